The van der Waals surface area contributed by atoms with Crippen LogP contribution >= 0.6 is 15.9 Å². The Morgan fingerprint density at radius 2 is 2.19 bits per heavy atom. The number of ether oxygens (including phenoxy) is 1. The number of amides is 1. The van der Waals surface area contributed by atoms with E-state index in [-0.39, 0.29) is 12.2 Å². The van der Waals surface area contributed by atoms with Crippen molar-refractivity contribution in [3.63, 3.8) is 0 Å². The number of carbonyl (C=O) groups excluding carboxylic acids is 1. The summed E-state index contributed by atoms with van der Waals surface area (Å²) < 4.78 is 5.12. The molecular formula is C10H10BrNO4. The zero-order valence-electron chi connectivity index (χ0n) is 8.49. The lowest BCUT2D eigenvalue weighted by atomic mass is 10.2. The minimum absolute atomic E-state index is 0.0781. The standard InChI is InChI=1S/C10H10BrNO4/c1-2-16-10(15)12-6-3-4-8(11)7(5-6)9(13)14/h3-5H,2H2,1H3,(H,12,15)(H,13,14). The third-order valence-corrected chi connectivity index (χ3v) is 2.41. The Labute approximate surface area is 101 Å². The first kappa shape index (κ1) is 12.5. The Morgan fingerprint density at radius 3 is 2.75 bits per heavy atom. The molecular weight excluding hydrogens is 278 g/mol. The average molecular weight is 288 g/mol. The monoisotopic (exact) mass is 287 g/mol. The maximum Gasteiger partial charge on any atom is 0.411 e. The molecule has 0 saturated carbocycles. The van der Waals surface area contributed by atoms with Crippen molar-refractivity contribution in [2.24, 2.45) is 0 Å². The second-order valence-electron chi connectivity index (χ2n) is 2.85. The highest BCUT2D eigenvalue weighted by molar-refractivity contribution is 9.10. The van der Waals surface area contributed by atoms with Crippen molar-refractivity contribution in [3.05, 3.63) is 28.2 Å². The van der Waals surface area contributed by atoms with Crippen molar-refractivity contribution < 1.29 is 19.4 Å². The van der Waals surface area contributed by atoms with E-state index in [0.29, 0.717) is 10.2 Å². The predicted octanol–water partition coefficient (Wildman–Crippen LogP) is 2.72. The topological polar surface area (TPSA) is 75.6 Å². The Kier molecular flexibility index (Phi) is 4.30. The van der Waals surface area contributed by atoms with Gasteiger partial charge in [0, 0.05) is 10.2 Å². The first-order valence-corrected chi connectivity index (χ1v) is 5.30. The number of anilines is 1. The van der Waals surface area contributed by atoms with Crippen molar-refractivity contribution in [1.82, 2.24) is 0 Å². The van der Waals surface area contributed by atoms with Crippen molar-refractivity contribution in [3.8, 4) is 0 Å². The van der Waals surface area contributed by atoms with Gasteiger partial charge in [0.15, 0.2) is 0 Å². The van der Waals surface area contributed by atoms with Gasteiger partial charge in [-0.1, -0.05) is 0 Å². The highest BCUT2D eigenvalue weighted by Crippen LogP contribution is 2.21. The van der Waals surface area contributed by atoms with Crippen LogP contribution in [0.1, 0.15) is 17.3 Å². The lowest BCUT2D eigenvalue weighted by Crippen LogP contribution is -2.13. The number of hydrogen-bond donors (Lipinski definition) is 2. The van der Waals surface area contributed by atoms with Gasteiger partial charge >= 0.3 is 12.1 Å². The van der Waals surface area contributed by atoms with Gasteiger partial charge < -0.3 is 9.84 Å². The molecule has 1 rings (SSSR count). The summed E-state index contributed by atoms with van der Waals surface area (Å²) in [7, 11) is 0. The highest BCUT2D eigenvalue weighted by Gasteiger charge is 2.10. The van der Waals surface area contributed by atoms with Gasteiger partial charge in [-0.2, -0.15) is 0 Å². The summed E-state index contributed by atoms with van der Waals surface area (Å²) in [6.45, 7) is 1.94. The van der Waals surface area contributed by atoms with E-state index in [4.69, 9.17) is 5.11 Å². The second-order valence-corrected chi connectivity index (χ2v) is 3.70. The number of aromatic carboxylic acids is 1. The maximum atomic E-state index is 11.1. The van der Waals surface area contributed by atoms with Crippen LogP contribution in [0.4, 0.5) is 10.5 Å². The molecule has 0 aromatic heterocycles. The molecule has 16 heavy (non-hydrogen) atoms. The quantitative estimate of drug-likeness (QED) is 0.896. The summed E-state index contributed by atoms with van der Waals surface area (Å²) in [6, 6.07) is 4.47. The summed E-state index contributed by atoms with van der Waals surface area (Å²) in [5.74, 6) is -1.07. The fourth-order valence-electron chi connectivity index (χ4n) is 1.05. The molecule has 1 aromatic carbocycles. The Balaban J connectivity index is 2.87. The van der Waals surface area contributed by atoms with Crippen molar-refractivity contribution in [1.29, 1.82) is 0 Å². The van der Waals surface area contributed by atoms with E-state index in [9.17, 15) is 9.59 Å². The molecule has 0 heterocycles. The lowest BCUT2D eigenvalue weighted by Gasteiger charge is -2.06. The molecule has 2 N–H and O–H groups in total. The van der Waals surface area contributed by atoms with Crippen LogP contribution in [0.15, 0.2) is 22.7 Å². The Bertz CT molecular complexity index is 419. The first-order chi connectivity index (χ1) is 7.54. The zero-order chi connectivity index (χ0) is 12.1. The molecule has 86 valence electrons. The van der Waals surface area contributed by atoms with E-state index < -0.39 is 12.1 Å². The molecule has 0 unspecified atom stereocenters. The van der Waals surface area contributed by atoms with Gasteiger partial charge in [-0.05, 0) is 41.1 Å². The number of carbonyl (C=O) groups is 2. The van der Waals surface area contributed by atoms with E-state index in [1.807, 2.05) is 0 Å². The van der Waals surface area contributed by atoms with Gasteiger partial charge in [-0.15, -0.1) is 0 Å². The third-order valence-electron chi connectivity index (χ3n) is 1.72. The number of nitrogens with one attached hydrogen (secondary N) is 1. The summed E-state index contributed by atoms with van der Waals surface area (Å²) in [5, 5.41) is 11.3. The molecule has 1 aromatic rings. The number of rotatable bonds is 3. The Morgan fingerprint density at radius 1 is 1.50 bits per heavy atom. The number of benzene rings is 1. The van der Waals surface area contributed by atoms with Gasteiger partial charge in [0.1, 0.15) is 0 Å². The second kappa shape index (κ2) is 5.50. The number of carboxylic acid groups (broad SMARTS) is 1. The van der Waals surface area contributed by atoms with Crippen LogP contribution < -0.4 is 5.32 Å². The normalized spacial score (nSPS) is 9.62. The van der Waals surface area contributed by atoms with Crippen molar-refractivity contribution >= 4 is 33.7 Å². The van der Waals surface area contributed by atoms with Crippen LogP contribution in [-0.4, -0.2) is 23.8 Å². The molecule has 0 spiro atoms. The summed E-state index contributed by atoms with van der Waals surface area (Å²) in [6.07, 6.45) is -0.610. The highest BCUT2D eigenvalue weighted by atomic mass is 79.9. The fraction of sp³-hybridized carbons (Fsp3) is 0.200. The summed E-state index contributed by atoms with van der Waals surface area (Å²) >= 11 is 3.10. The third kappa shape index (κ3) is 3.23. The molecule has 6 heteroatoms. The smallest absolute Gasteiger partial charge is 0.411 e. The first-order valence-electron chi connectivity index (χ1n) is 4.51. The van der Waals surface area contributed by atoms with E-state index in [1.54, 1.807) is 19.1 Å². The van der Waals surface area contributed by atoms with Crippen LogP contribution in [0.5, 0.6) is 0 Å². The number of hydrogen-bond acceptors (Lipinski definition) is 3. The van der Waals surface area contributed by atoms with Crippen molar-refractivity contribution in [2.75, 3.05) is 11.9 Å². The van der Waals surface area contributed by atoms with Crippen molar-refractivity contribution in [2.45, 2.75) is 6.92 Å². The average Bonchev–Trinajstić information content (AvgIpc) is 2.21. The van der Waals surface area contributed by atoms with Crippen LogP contribution in [0.25, 0.3) is 0 Å². The summed E-state index contributed by atoms with van der Waals surface area (Å²) in [5.41, 5.74) is 0.452. The molecule has 0 aliphatic carbocycles. The van der Waals surface area contributed by atoms with Crippen LogP contribution in [0.2, 0.25) is 0 Å². The zero-order valence-corrected chi connectivity index (χ0v) is 10.1. The molecule has 0 radical (unpaired) electrons. The number of halogens is 1. The molecule has 1 amide bonds. The molecule has 0 aliphatic heterocycles. The van der Waals surface area contributed by atoms with Gasteiger partial charge in [-0.3, -0.25) is 5.32 Å². The molecule has 0 aliphatic rings. The van der Waals surface area contributed by atoms with Gasteiger partial charge in [0.2, 0.25) is 0 Å². The molecule has 5 nitrogen and oxygen atoms in total. The van der Waals surface area contributed by atoms with Crippen LogP contribution in [0.3, 0.4) is 0 Å². The van der Waals surface area contributed by atoms with Crippen LogP contribution in [0, 0.1) is 0 Å². The van der Waals surface area contributed by atoms with Gasteiger partial charge in [0.05, 0.1) is 12.2 Å². The predicted molar refractivity (Wildman–Crippen MR) is 61.7 cm³/mol. The van der Waals surface area contributed by atoms with Gasteiger partial charge in [-0.25, -0.2) is 9.59 Å². The molecule has 0 bridgehead atoms. The van der Waals surface area contributed by atoms with Gasteiger partial charge in [0.25, 0.3) is 0 Å². The largest absolute Gasteiger partial charge is 0.478 e. The number of carboxylic acids is 1. The van der Waals surface area contributed by atoms with E-state index in [1.165, 1.54) is 6.07 Å². The minimum atomic E-state index is -1.07. The minimum Gasteiger partial charge on any atom is -0.478 e. The lowest BCUT2D eigenvalue weighted by molar-refractivity contribution is 0.0696. The summed E-state index contributed by atoms with van der Waals surface area (Å²) in [4.78, 5) is 21.9. The van der Waals surface area contributed by atoms with E-state index in [2.05, 4.69) is 26.0 Å². The molecule has 0 saturated heterocycles. The molecule has 0 fully saturated rings. The van der Waals surface area contributed by atoms with Crippen LogP contribution in [-0.2, 0) is 4.74 Å². The van der Waals surface area contributed by atoms with E-state index >= 15 is 0 Å². The fourth-order valence-corrected chi connectivity index (χ4v) is 1.47. The maximum absolute atomic E-state index is 11.1. The Hall–Kier alpha value is -1.56. The SMILES string of the molecule is CCOC(=O)Nc1ccc(Br)c(C(=O)O)c1. The molecule has 0 atom stereocenters. The van der Waals surface area contributed by atoms with E-state index in [0.717, 1.165) is 0 Å².